The third-order valence-corrected chi connectivity index (χ3v) is 4.99. The highest BCUT2D eigenvalue weighted by atomic mass is 32.2. The van der Waals surface area contributed by atoms with Gasteiger partial charge in [-0.25, -0.2) is 5.84 Å². The molecule has 4 N–H and O–H groups in total. The van der Waals surface area contributed by atoms with Gasteiger partial charge in [-0.05, 0) is 65.6 Å². The van der Waals surface area contributed by atoms with Gasteiger partial charge in [0.1, 0.15) is 6.04 Å². The molecule has 0 aromatic heterocycles. The second kappa shape index (κ2) is 15.5. The van der Waals surface area contributed by atoms with Crippen molar-refractivity contribution in [3.8, 4) is 0 Å². The molecule has 0 heterocycles. The van der Waals surface area contributed by atoms with Crippen molar-refractivity contribution in [2.45, 2.75) is 72.8 Å². The zero-order valence-corrected chi connectivity index (χ0v) is 18.4. The number of hydrogen-bond acceptors (Lipinski definition) is 4. The number of nitrogens with one attached hydrogen (secondary N) is 2. The molecular weight excluding hydrogens is 358 g/mol. The van der Waals surface area contributed by atoms with Crippen LogP contribution < -0.4 is 16.6 Å². The fourth-order valence-corrected chi connectivity index (χ4v) is 3.41. The monoisotopic (exact) mass is 395 g/mol. The molecule has 2 amide bonds. The van der Waals surface area contributed by atoms with Crippen LogP contribution in [-0.2, 0) is 9.59 Å². The molecule has 0 aliphatic rings. The van der Waals surface area contributed by atoms with Crippen molar-refractivity contribution in [3.05, 3.63) is 34.9 Å². The molecule has 0 aromatic rings. The van der Waals surface area contributed by atoms with E-state index in [1.807, 2.05) is 0 Å². The number of carbonyl (C=O) groups is 2. The molecule has 0 fully saturated rings. The second-order valence-corrected chi connectivity index (χ2v) is 8.23. The number of hydrazine groups is 1. The third-order valence-electron chi connectivity index (χ3n) is 4.06. The molecule has 0 radical (unpaired) electrons. The Hall–Kier alpha value is -1.53. The lowest BCUT2D eigenvalue weighted by atomic mass is 10.1. The quantitative estimate of drug-likeness (QED) is 0.145. The van der Waals surface area contributed by atoms with E-state index >= 15 is 0 Å². The van der Waals surface area contributed by atoms with Crippen LogP contribution in [0.1, 0.15) is 66.7 Å². The Kier molecular flexibility index (Phi) is 14.6. The van der Waals surface area contributed by atoms with Gasteiger partial charge in [-0.15, -0.1) is 0 Å². The molecule has 5 nitrogen and oxygen atoms in total. The molecule has 0 rings (SSSR count). The number of hydrogen-bond donors (Lipinski definition) is 3. The van der Waals surface area contributed by atoms with Crippen molar-refractivity contribution in [2.75, 3.05) is 11.5 Å². The van der Waals surface area contributed by atoms with Gasteiger partial charge in [0.25, 0.3) is 5.91 Å². The molecule has 0 spiro atoms. The molecule has 6 heteroatoms. The van der Waals surface area contributed by atoms with E-state index in [-0.39, 0.29) is 11.8 Å². The first kappa shape index (κ1) is 25.5. The maximum atomic E-state index is 11.6. The molecular formula is C21H37N3O2S. The molecule has 0 aliphatic heterocycles. The lowest BCUT2D eigenvalue weighted by molar-refractivity contribution is -0.128. The van der Waals surface area contributed by atoms with Crippen LogP contribution in [0.25, 0.3) is 0 Å². The Balaban J connectivity index is 4.06. The summed E-state index contributed by atoms with van der Waals surface area (Å²) in [4.78, 5) is 22.7. The maximum absolute atomic E-state index is 11.6. The molecule has 0 aliphatic carbocycles. The molecule has 0 unspecified atom stereocenters. The molecule has 0 saturated carbocycles. The van der Waals surface area contributed by atoms with E-state index in [1.165, 1.54) is 23.6 Å². The third kappa shape index (κ3) is 15.2. The van der Waals surface area contributed by atoms with E-state index in [2.05, 4.69) is 56.7 Å². The summed E-state index contributed by atoms with van der Waals surface area (Å²) in [6, 6.07) is -0.565. The average Bonchev–Trinajstić information content (AvgIpc) is 2.59. The van der Waals surface area contributed by atoms with Gasteiger partial charge >= 0.3 is 0 Å². The van der Waals surface area contributed by atoms with Crippen LogP contribution in [0, 0.1) is 0 Å². The summed E-state index contributed by atoms with van der Waals surface area (Å²) in [5.41, 5.74) is 6.32. The van der Waals surface area contributed by atoms with Gasteiger partial charge in [0.05, 0.1) is 0 Å². The van der Waals surface area contributed by atoms with Gasteiger partial charge < -0.3 is 5.32 Å². The van der Waals surface area contributed by atoms with Gasteiger partial charge in [-0.2, -0.15) is 11.8 Å². The van der Waals surface area contributed by atoms with E-state index in [0.717, 1.165) is 37.2 Å². The summed E-state index contributed by atoms with van der Waals surface area (Å²) < 4.78 is 0. The zero-order chi connectivity index (χ0) is 20.7. The van der Waals surface area contributed by atoms with E-state index in [0.29, 0.717) is 6.42 Å². The SMILES string of the molecule is CC(=O)N[C@@H](CCSC/C=C(\C)CC/C=C(\C)CCC=C(C)C)C(=O)NN. The lowest BCUT2D eigenvalue weighted by Crippen LogP contribution is -2.48. The normalized spacial score (nSPS) is 13.1. The molecule has 0 saturated heterocycles. The van der Waals surface area contributed by atoms with Crippen LogP contribution >= 0.6 is 11.8 Å². The predicted molar refractivity (Wildman–Crippen MR) is 117 cm³/mol. The topological polar surface area (TPSA) is 84.2 Å². The molecule has 0 bridgehead atoms. The summed E-state index contributed by atoms with van der Waals surface area (Å²) in [6.45, 7) is 10.0. The number of rotatable bonds is 13. The minimum Gasteiger partial charge on any atom is -0.344 e. The molecule has 0 aromatic carbocycles. The Bertz CT molecular complexity index is 550. The first-order chi connectivity index (χ1) is 12.8. The van der Waals surface area contributed by atoms with E-state index in [9.17, 15) is 9.59 Å². The highest BCUT2D eigenvalue weighted by molar-refractivity contribution is 7.99. The number of thioether (sulfide) groups is 1. The van der Waals surface area contributed by atoms with Crippen LogP contribution in [0.3, 0.4) is 0 Å². The fraction of sp³-hybridized carbons (Fsp3) is 0.619. The zero-order valence-electron chi connectivity index (χ0n) is 17.6. The summed E-state index contributed by atoms with van der Waals surface area (Å²) in [7, 11) is 0. The summed E-state index contributed by atoms with van der Waals surface area (Å²) >= 11 is 1.75. The number of nitrogens with two attached hydrogens (primary N) is 1. The predicted octanol–water partition coefficient (Wildman–Crippen LogP) is 4.02. The van der Waals surface area contributed by atoms with Crippen LogP contribution in [0.2, 0.25) is 0 Å². The van der Waals surface area contributed by atoms with Crippen molar-refractivity contribution in [3.63, 3.8) is 0 Å². The fourth-order valence-electron chi connectivity index (χ4n) is 2.44. The summed E-state index contributed by atoms with van der Waals surface area (Å²) in [5, 5.41) is 2.62. The first-order valence-corrected chi connectivity index (χ1v) is 10.7. The van der Waals surface area contributed by atoms with E-state index in [1.54, 1.807) is 11.8 Å². The molecule has 27 heavy (non-hydrogen) atoms. The minimum atomic E-state index is -0.565. The van der Waals surface area contributed by atoms with Gasteiger partial charge in [-0.1, -0.05) is 34.9 Å². The van der Waals surface area contributed by atoms with Gasteiger partial charge in [0.2, 0.25) is 5.91 Å². The van der Waals surface area contributed by atoms with E-state index < -0.39 is 6.04 Å². The number of amides is 2. The first-order valence-electron chi connectivity index (χ1n) is 9.56. The van der Waals surface area contributed by atoms with Gasteiger partial charge in [0, 0.05) is 12.7 Å². The smallest absolute Gasteiger partial charge is 0.256 e. The lowest BCUT2D eigenvalue weighted by Gasteiger charge is -2.15. The summed E-state index contributed by atoms with van der Waals surface area (Å²) in [5.74, 6) is 6.26. The van der Waals surface area contributed by atoms with Crippen LogP contribution in [0.5, 0.6) is 0 Å². The second-order valence-electron chi connectivity index (χ2n) is 7.09. The largest absolute Gasteiger partial charge is 0.344 e. The van der Waals surface area contributed by atoms with Crippen molar-refractivity contribution in [1.29, 1.82) is 0 Å². The Morgan fingerprint density at radius 3 is 2.11 bits per heavy atom. The number of allylic oxidation sites excluding steroid dienone is 5. The average molecular weight is 396 g/mol. The standard InChI is InChI=1S/C21H37N3O2S/c1-16(2)8-6-9-17(3)10-7-11-18(4)12-14-27-15-13-20(21(26)24-22)23-19(5)25/h8,10,12,20H,6-7,9,11,13-15,22H2,1-5H3,(H,23,25)(H,24,26)/b17-10+,18-12+/t20-/m0/s1. The number of carbonyl (C=O) groups excluding carboxylic acids is 2. The van der Waals surface area contributed by atoms with Crippen LogP contribution in [0.15, 0.2) is 34.9 Å². The Labute approximate surface area is 169 Å². The summed E-state index contributed by atoms with van der Waals surface area (Å²) in [6.07, 6.45) is 11.8. The van der Waals surface area contributed by atoms with Crippen molar-refractivity contribution in [2.24, 2.45) is 5.84 Å². The molecule has 154 valence electrons. The van der Waals surface area contributed by atoms with Crippen LogP contribution in [-0.4, -0.2) is 29.4 Å². The Morgan fingerprint density at radius 2 is 1.56 bits per heavy atom. The van der Waals surface area contributed by atoms with Gasteiger partial charge in [-0.3, -0.25) is 15.0 Å². The van der Waals surface area contributed by atoms with Crippen LogP contribution in [0.4, 0.5) is 0 Å². The van der Waals surface area contributed by atoms with E-state index in [4.69, 9.17) is 5.84 Å². The minimum absolute atomic E-state index is 0.228. The van der Waals surface area contributed by atoms with Crippen molar-refractivity contribution < 1.29 is 9.59 Å². The highest BCUT2D eigenvalue weighted by Gasteiger charge is 2.17. The maximum Gasteiger partial charge on any atom is 0.256 e. The van der Waals surface area contributed by atoms with Crippen molar-refractivity contribution >= 4 is 23.6 Å². The molecule has 1 atom stereocenters. The van der Waals surface area contributed by atoms with Crippen molar-refractivity contribution in [1.82, 2.24) is 10.7 Å². The Morgan fingerprint density at radius 1 is 0.963 bits per heavy atom. The van der Waals surface area contributed by atoms with Gasteiger partial charge in [0.15, 0.2) is 0 Å². The highest BCUT2D eigenvalue weighted by Crippen LogP contribution is 2.13.